The van der Waals surface area contributed by atoms with Crippen molar-refractivity contribution in [2.75, 3.05) is 12.3 Å². The second kappa shape index (κ2) is 6.00. The van der Waals surface area contributed by atoms with Crippen molar-refractivity contribution in [3.05, 3.63) is 51.7 Å². The molecule has 1 amide bonds. The molecule has 0 saturated carbocycles. The zero-order valence-corrected chi connectivity index (χ0v) is 11.7. The first-order valence-electron chi connectivity index (χ1n) is 6.09. The SMILES string of the molecule is CCN(Cc1ccc(F)c(F)c1)C(=O)c1sccc1N. The molecule has 1 aromatic heterocycles. The molecule has 0 spiro atoms. The zero-order valence-electron chi connectivity index (χ0n) is 10.9. The Morgan fingerprint density at radius 1 is 1.30 bits per heavy atom. The minimum absolute atomic E-state index is 0.204. The Bertz CT molecular complexity index is 627. The fourth-order valence-corrected chi connectivity index (χ4v) is 2.61. The van der Waals surface area contributed by atoms with Crippen LogP contribution in [0.2, 0.25) is 0 Å². The highest BCUT2D eigenvalue weighted by molar-refractivity contribution is 7.12. The van der Waals surface area contributed by atoms with Crippen molar-refractivity contribution in [1.82, 2.24) is 4.90 Å². The first kappa shape index (κ1) is 14.5. The lowest BCUT2D eigenvalue weighted by Crippen LogP contribution is -2.30. The van der Waals surface area contributed by atoms with Crippen molar-refractivity contribution in [1.29, 1.82) is 0 Å². The maximum Gasteiger partial charge on any atom is 0.266 e. The summed E-state index contributed by atoms with van der Waals surface area (Å²) in [6.45, 7) is 2.49. The number of nitrogens with zero attached hydrogens (tertiary/aromatic N) is 1. The first-order valence-corrected chi connectivity index (χ1v) is 6.97. The Balaban J connectivity index is 2.18. The molecular weight excluding hydrogens is 282 g/mol. The monoisotopic (exact) mass is 296 g/mol. The van der Waals surface area contributed by atoms with Gasteiger partial charge < -0.3 is 10.6 Å². The van der Waals surface area contributed by atoms with Crippen LogP contribution >= 0.6 is 11.3 Å². The van der Waals surface area contributed by atoms with E-state index < -0.39 is 11.6 Å². The van der Waals surface area contributed by atoms with E-state index >= 15 is 0 Å². The van der Waals surface area contributed by atoms with Gasteiger partial charge in [0.1, 0.15) is 4.88 Å². The van der Waals surface area contributed by atoms with Gasteiger partial charge in [0.2, 0.25) is 0 Å². The summed E-state index contributed by atoms with van der Waals surface area (Å²) in [7, 11) is 0. The van der Waals surface area contributed by atoms with Crippen molar-refractivity contribution >= 4 is 22.9 Å². The van der Waals surface area contributed by atoms with Crippen LogP contribution in [0.5, 0.6) is 0 Å². The molecule has 0 atom stereocenters. The maximum atomic E-state index is 13.2. The second-order valence-electron chi connectivity index (χ2n) is 4.27. The number of amides is 1. The van der Waals surface area contributed by atoms with Gasteiger partial charge in [0.15, 0.2) is 11.6 Å². The third kappa shape index (κ3) is 2.96. The molecule has 3 nitrogen and oxygen atoms in total. The molecule has 1 aromatic carbocycles. The van der Waals surface area contributed by atoms with E-state index in [1.807, 2.05) is 6.92 Å². The van der Waals surface area contributed by atoms with Crippen LogP contribution in [0.1, 0.15) is 22.2 Å². The summed E-state index contributed by atoms with van der Waals surface area (Å²) in [6, 6.07) is 5.29. The molecule has 20 heavy (non-hydrogen) atoms. The van der Waals surface area contributed by atoms with Gasteiger partial charge in [0.05, 0.1) is 5.69 Å². The number of carbonyl (C=O) groups excluding carboxylic acids is 1. The minimum atomic E-state index is -0.915. The van der Waals surface area contributed by atoms with Gasteiger partial charge in [0.25, 0.3) is 5.91 Å². The average molecular weight is 296 g/mol. The highest BCUT2D eigenvalue weighted by atomic mass is 32.1. The predicted octanol–water partition coefficient (Wildman–Crippen LogP) is 3.27. The quantitative estimate of drug-likeness (QED) is 0.941. The summed E-state index contributed by atoms with van der Waals surface area (Å²) in [5.41, 5.74) is 6.69. The van der Waals surface area contributed by atoms with Crippen molar-refractivity contribution < 1.29 is 13.6 Å². The van der Waals surface area contributed by atoms with Crippen LogP contribution in [0.3, 0.4) is 0 Å². The smallest absolute Gasteiger partial charge is 0.266 e. The maximum absolute atomic E-state index is 13.2. The van der Waals surface area contributed by atoms with Gasteiger partial charge in [-0.3, -0.25) is 4.79 Å². The lowest BCUT2D eigenvalue weighted by atomic mass is 10.2. The minimum Gasteiger partial charge on any atom is -0.397 e. The Hall–Kier alpha value is -1.95. The predicted molar refractivity (Wildman–Crippen MR) is 75.5 cm³/mol. The van der Waals surface area contributed by atoms with E-state index in [1.165, 1.54) is 22.3 Å². The first-order chi connectivity index (χ1) is 9.52. The lowest BCUT2D eigenvalue weighted by Gasteiger charge is -2.20. The second-order valence-corrected chi connectivity index (χ2v) is 5.19. The van der Waals surface area contributed by atoms with E-state index in [0.717, 1.165) is 12.1 Å². The van der Waals surface area contributed by atoms with Crippen molar-refractivity contribution in [2.24, 2.45) is 0 Å². The molecule has 0 radical (unpaired) electrons. The number of hydrogen-bond acceptors (Lipinski definition) is 3. The summed E-state index contributed by atoms with van der Waals surface area (Å²) < 4.78 is 26.1. The van der Waals surface area contributed by atoms with Gasteiger partial charge in [0, 0.05) is 13.1 Å². The van der Waals surface area contributed by atoms with E-state index in [4.69, 9.17) is 5.73 Å². The molecule has 2 aromatic rings. The third-order valence-corrected chi connectivity index (χ3v) is 3.83. The molecule has 2 N–H and O–H groups in total. The van der Waals surface area contributed by atoms with Crippen LogP contribution in [0.25, 0.3) is 0 Å². The Kier molecular flexibility index (Phi) is 4.34. The van der Waals surface area contributed by atoms with Crippen LogP contribution in [-0.4, -0.2) is 17.4 Å². The van der Waals surface area contributed by atoms with E-state index in [2.05, 4.69) is 0 Å². The fraction of sp³-hybridized carbons (Fsp3) is 0.214. The molecule has 0 unspecified atom stereocenters. The number of rotatable bonds is 4. The standard InChI is InChI=1S/C14H14F2N2OS/c1-2-18(14(19)13-12(17)5-6-20-13)8-9-3-4-10(15)11(16)7-9/h3-7H,2,8,17H2,1H3. The number of benzene rings is 1. The van der Waals surface area contributed by atoms with Gasteiger partial charge >= 0.3 is 0 Å². The van der Waals surface area contributed by atoms with E-state index in [1.54, 1.807) is 11.4 Å². The molecule has 1 heterocycles. The molecule has 0 saturated heterocycles. The van der Waals surface area contributed by atoms with Crippen LogP contribution in [0.15, 0.2) is 29.6 Å². The molecule has 0 fully saturated rings. The van der Waals surface area contributed by atoms with E-state index in [9.17, 15) is 13.6 Å². The van der Waals surface area contributed by atoms with Crippen molar-refractivity contribution in [2.45, 2.75) is 13.5 Å². The number of halogens is 2. The molecule has 106 valence electrons. The zero-order chi connectivity index (χ0) is 14.7. The van der Waals surface area contributed by atoms with Gasteiger partial charge in [-0.1, -0.05) is 6.07 Å². The summed E-state index contributed by atoms with van der Waals surface area (Å²) in [6.07, 6.45) is 0. The summed E-state index contributed by atoms with van der Waals surface area (Å²) in [5, 5.41) is 1.74. The fourth-order valence-electron chi connectivity index (χ4n) is 1.82. The number of thiophene rings is 1. The third-order valence-electron chi connectivity index (χ3n) is 2.92. The number of anilines is 1. The van der Waals surface area contributed by atoms with Crippen LogP contribution in [-0.2, 0) is 6.54 Å². The molecule has 0 aliphatic heterocycles. The summed E-state index contributed by atoms with van der Waals surface area (Å²) in [5.74, 6) is -2.02. The summed E-state index contributed by atoms with van der Waals surface area (Å²) in [4.78, 5) is 14.3. The number of nitrogen functional groups attached to an aromatic ring is 1. The molecule has 0 bridgehead atoms. The van der Waals surface area contributed by atoms with E-state index in [-0.39, 0.29) is 12.5 Å². The summed E-state index contributed by atoms with van der Waals surface area (Å²) >= 11 is 1.27. The number of nitrogens with two attached hydrogens (primary N) is 1. The lowest BCUT2D eigenvalue weighted by molar-refractivity contribution is 0.0758. The average Bonchev–Trinajstić information content (AvgIpc) is 2.85. The molecular formula is C14H14F2N2OS. The molecule has 0 aliphatic rings. The largest absolute Gasteiger partial charge is 0.397 e. The van der Waals surface area contributed by atoms with Gasteiger partial charge in [-0.05, 0) is 36.1 Å². The molecule has 6 heteroatoms. The van der Waals surface area contributed by atoms with E-state index in [0.29, 0.717) is 22.7 Å². The number of hydrogen-bond donors (Lipinski definition) is 1. The topological polar surface area (TPSA) is 46.3 Å². The Labute approximate surface area is 119 Å². The highest BCUT2D eigenvalue weighted by Gasteiger charge is 2.18. The van der Waals surface area contributed by atoms with Crippen LogP contribution in [0.4, 0.5) is 14.5 Å². The van der Waals surface area contributed by atoms with Gasteiger partial charge in [-0.25, -0.2) is 8.78 Å². The van der Waals surface area contributed by atoms with Crippen molar-refractivity contribution in [3.63, 3.8) is 0 Å². The van der Waals surface area contributed by atoms with Gasteiger partial charge in [-0.15, -0.1) is 11.3 Å². The highest BCUT2D eigenvalue weighted by Crippen LogP contribution is 2.22. The van der Waals surface area contributed by atoms with Crippen molar-refractivity contribution in [3.8, 4) is 0 Å². The molecule has 0 aliphatic carbocycles. The van der Waals surface area contributed by atoms with Crippen LogP contribution in [0, 0.1) is 11.6 Å². The van der Waals surface area contributed by atoms with Crippen LogP contribution < -0.4 is 5.73 Å². The number of carbonyl (C=O) groups is 1. The Morgan fingerprint density at radius 3 is 2.60 bits per heavy atom. The molecule has 2 rings (SSSR count). The Morgan fingerprint density at radius 2 is 2.05 bits per heavy atom. The normalized spacial score (nSPS) is 10.6. The van der Waals surface area contributed by atoms with Gasteiger partial charge in [-0.2, -0.15) is 0 Å².